The van der Waals surface area contributed by atoms with Crippen LogP contribution in [0, 0.1) is 0 Å². The summed E-state index contributed by atoms with van der Waals surface area (Å²) in [7, 11) is 0. The lowest BCUT2D eigenvalue weighted by Crippen LogP contribution is -1.92. The fourth-order valence-corrected chi connectivity index (χ4v) is 8.39. The number of furan rings is 1. The van der Waals surface area contributed by atoms with Crippen molar-refractivity contribution in [2.75, 3.05) is 0 Å². The second-order valence-electron chi connectivity index (χ2n) is 13.6. The fourth-order valence-electron chi connectivity index (χ4n) is 8.39. The van der Waals surface area contributed by atoms with Gasteiger partial charge in [-0.2, -0.15) is 0 Å². The van der Waals surface area contributed by atoms with Crippen molar-refractivity contribution in [3.63, 3.8) is 0 Å². The lowest BCUT2D eigenvalue weighted by Gasteiger charge is -2.19. The molecule has 0 saturated carbocycles. The molecule has 0 unspecified atom stereocenters. The third-order valence-electron chi connectivity index (χ3n) is 10.7. The maximum atomic E-state index is 9.66. The first-order chi connectivity index (χ1) is 25.2. The molecule has 238 valence electrons. The van der Waals surface area contributed by atoms with Gasteiger partial charge in [0.25, 0.3) is 0 Å². The standard InChI is InChI=1S/C48H29NO2/c50-27-28-16-19-36-43-26-33-24-32(18-21-44(33)49-48(43)51-45(36)22-28)46-38-10-3-5-12-40(38)47(41-13-6-4-11-39(41)46)37-15-7-14-34-35(37)20-17-31-23-29-8-1-2-9-30(29)25-42(31)34/h1-26,50H,27H2. The molecule has 0 saturated heterocycles. The van der Waals surface area contributed by atoms with Crippen LogP contribution in [0.4, 0.5) is 0 Å². The number of aliphatic hydroxyl groups is 1. The van der Waals surface area contributed by atoms with Gasteiger partial charge in [0.15, 0.2) is 0 Å². The van der Waals surface area contributed by atoms with Crippen LogP contribution in [0.25, 0.3) is 109 Å². The Morgan fingerprint density at radius 3 is 1.86 bits per heavy atom. The Labute approximate surface area is 292 Å². The van der Waals surface area contributed by atoms with Crippen LogP contribution in [0.15, 0.2) is 162 Å². The summed E-state index contributed by atoms with van der Waals surface area (Å²) in [5, 5.41) is 25.1. The van der Waals surface area contributed by atoms with Crippen LogP contribution in [-0.2, 0) is 6.61 Å². The van der Waals surface area contributed by atoms with Gasteiger partial charge in [-0.3, -0.25) is 0 Å². The third-order valence-corrected chi connectivity index (χ3v) is 10.7. The molecule has 2 heterocycles. The van der Waals surface area contributed by atoms with E-state index in [-0.39, 0.29) is 6.61 Å². The Morgan fingerprint density at radius 1 is 0.431 bits per heavy atom. The van der Waals surface area contributed by atoms with E-state index >= 15 is 0 Å². The number of hydrogen-bond donors (Lipinski definition) is 1. The highest BCUT2D eigenvalue weighted by Gasteiger charge is 2.19. The minimum atomic E-state index is -0.0265. The van der Waals surface area contributed by atoms with E-state index in [1.807, 2.05) is 18.2 Å². The molecule has 0 radical (unpaired) electrons. The zero-order valence-corrected chi connectivity index (χ0v) is 27.5. The minimum Gasteiger partial charge on any atom is -0.438 e. The lowest BCUT2D eigenvalue weighted by atomic mass is 9.84. The molecule has 0 fully saturated rings. The third kappa shape index (κ3) is 4.19. The van der Waals surface area contributed by atoms with Crippen LogP contribution in [0.3, 0.4) is 0 Å². The maximum absolute atomic E-state index is 9.66. The Morgan fingerprint density at radius 2 is 1.10 bits per heavy atom. The molecule has 11 aromatic rings. The van der Waals surface area contributed by atoms with Gasteiger partial charge in [0.05, 0.1) is 12.1 Å². The van der Waals surface area contributed by atoms with Crippen molar-refractivity contribution in [1.29, 1.82) is 0 Å². The van der Waals surface area contributed by atoms with Gasteiger partial charge in [-0.1, -0.05) is 121 Å². The first-order valence-corrected chi connectivity index (χ1v) is 17.4. The number of aromatic nitrogens is 1. The summed E-state index contributed by atoms with van der Waals surface area (Å²) in [6.07, 6.45) is 0. The van der Waals surface area contributed by atoms with Crippen LogP contribution in [0.1, 0.15) is 5.56 Å². The number of rotatable bonds is 3. The predicted molar refractivity (Wildman–Crippen MR) is 213 cm³/mol. The van der Waals surface area contributed by atoms with Gasteiger partial charge in [-0.25, -0.2) is 4.98 Å². The van der Waals surface area contributed by atoms with Gasteiger partial charge in [0, 0.05) is 16.2 Å². The Kier molecular flexibility index (Phi) is 5.95. The Bertz CT molecular complexity index is 3190. The van der Waals surface area contributed by atoms with E-state index in [0.29, 0.717) is 5.71 Å². The summed E-state index contributed by atoms with van der Waals surface area (Å²) in [4.78, 5) is 4.92. The SMILES string of the molecule is OCc1ccc2c(c1)oc1nc3ccc(-c4c5ccccc5c(-c5cccc6c5ccc5cc7ccccc7cc56)c5ccccc45)cc3cc12. The monoisotopic (exact) mass is 651 g/mol. The van der Waals surface area contributed by atoms with E-state index in [0.717, 1.165) is 38.4 Å². The molecule has 0 bridgehead atoms. The van der Waals surface area contributed by atoms with Crippen molar-refractivity contribution in [2.45, 2.75) is 6.61 Å². The number of fused-ring (bicyclic) bond motifs is 10. The smallest absolute Gasteiger partial charge is 0.227 e. The first-order valence-electron chi connectivity index (χ1n) is 17.4. The average molecular weight is 652 g/mol. The molecule has 11 rings (SSSR count). The van der Waals surface area contributed by atoms with Gasteiger partial charge in [-0.05, 0) is 118 Å². The lowest BCUT2D eigenvalue weighted by molar-refractivity contribution is 0.282. The molecule has 0 aliphatic rings. The summed E-state index contributed by atoms with van der Waals surface area (Å²) in [5.41, 5.74) is 7.91. The molecule has 0 spiro atoms. The van der Waals surface area contributed by atoms with Crippen LogP contribution in [0.5, 0.6) is 0 Å². The van der Waals surface area contributed by atoms with E-state index in [9.17, 15) is 5.11 Å². The number of hydrogen-bond acceptors (Lipinski definition) is 3. The molecule has 3 heteroatoms. The van der Waals surface area contributed by atoms with E-state index in [2.05, 4.69) is 140 Å². The van der Waals surface area contributed by atoms with Crippen molar-refractivity contribution >= 4 is 86.8 Å². The fraction of sp³-hybridized carbons (Fsp3) is 0.0208. The molecule has 2 aromatic heterocycles. The minimum absolute atomic E-state index is 0.0265. The van der Waals surface area contributed by atoms with Crippen LogP contribution in [-0.4, -0.2) is 10.1 Å². The summed E-state index contributed by atoms with van der Waals surface area (Å²) in [6, 6.07) is 56.9. The van der Waals surface area contributed by atoms with Crippen LogP contribution < -0.4 is 0 Å². The summed E-state index contributed by atoms with van der Waals surface area (Å²) in [6.45, 7) is -0.0265. The van der Waals surface area contributed by atoms with Gasteiger partial charge < -0.3 is 9.52 Å². The summed E-state index contributed by atoms with van der Waals surface area (Å²) in [5.74, 6) is 0. The molecule has 0 atom stereocenters. The van der Waals surface area contributed by atoms with E-state index in [4.69, 9.17) is 9.40 Å². The molecular formula is C48H29NO2. The molecule has 1 N–H and O–H groups in total. The van der Waals surface area contributed by atoms with Crippen molar-refractivity contribution in [3.8, 4) is 22.3 Å². The van der Waals surface area contributed by atoms with E-state index in [1.165, 1.54) is 70.6 Å². The molecule has 0 aliphatic carbocycles. The van der Waals surface area contributed by atoms with Crippen LogP contribution >= 0.6 is 0 Å². The first kappa shape index (κ1) is 28.3. The number of aliphatic hydroxyl groups excluding tert-OH is 1. The number of pyridine rings is 1. The number of nitrogens with zero attached hydrogens (tertiary/aromatic N) is 1. The second-order valence-corrected chi connectivity index (χ2v) is 13.6. The summed E-state index contributed by atoms with van der Waals surface area (Å²) < 4.78 is 6.14. The highest BCUT2D eigenvalue weighted by molar-refractivity contribution is 6.25. The average Bonchev–Trinajstić information content (AvgIpc) is 3.54. The van der Waals surface area contributed by atoms with E-state index < -0.39 is 0 Å². The van der Waals surface area contributed by atoms with Gasteiger partial charge in [0.1, 0.15) is 5.58 Å². The van der Waals surface area contributed by atoms with Crippen molar-refractivity contribution in [2.24, 2.45) is 0 Å². The maximum Gasteiger partial charge on any atom is 0.227 e. The van der Waals surface area contributed by atoms with E-state index in [1.54, 1.807) is 0 Å². The Hall–Kier alpha value is -6.55. The molecule has 51 heavy (non-hydrogen) atoms. The topological polar surface area (TPSA) is 46.3 Å². The van der Waals surface area contributed by atoms with Gasteiger partial charge in [-0.15, -0.1) is 0 Å². The Balaban J connectivity index is 1.17. The summed E-state index contributed by atoms with van der Waals surface area (Å²) >= 11 is 0. The number of benzene rings is 9. The van der Waals surface area contributed by atoms with Crippen molar-refractivity contribution in [3.05, 3.63) is 163 Å². The predicted octanol–water partition coefficient (Wildman–Crippen LogP) is 12.7. The molecule has 3 nitrogen and oxygen atoms in total. The second kappa shape index (κ2) is 10.7. The van der Waals surface area contributed by atoms with Crippen molar-refractivity contribution in [1.82, 2.24) is 4.98 Å². The van der Waals surface area contributed by atoms with Crippen molar-refractivity contribution < 1.29 is 9.52 Å². The van der Waals surface area contributed by atoms with Gasteiger partial charge >= 0.3 is 0 Å². The van der Waals surface area contributed by atoms with Gasteiger partial charge in [0.2, 0.25) is 5.71 Å². The highest BCUT2D eigenvalue weighted by Crippen LogP contribution is 2.46. The van der Waals surface area contributed by atoms with Crippen LogP contribution in [0.2, 0.25) is 0 Å². The normalized spacial score (nSPS) is 12.1. The molecular weight excluding hydrogens is 623 g/mol. The highest BCUT2D eigenvalue weighted by atomic mass is 16.3. The molecule has 9 aromatic carbocycles. The quantitative estimate of drug-likeness (QED) is 0.153. The molecule has 0 aliphatic heterocycles. The largest absolute Gasteiger partial charge is 0.438 e. The zero-order chi connectivity index (χ0) is 33.6. The zero-order valence-electron chi connectivity index (χ0n) is 27.5. The molecule has 0 amide bonds.